The number of thioether (sulfide) groups is 1. The van der Waals surface area contributed by atoms with Crippen LogP contribution in [0.4, 0.5) is 0 Å². The lowest BCUT2D eigenvalue weighted by Crippen LogP contribution is -2.48. The zero-order valence-corrected chi connectivity index (χ0v) is 14.3. The smallest absolute Gasteiger partial charge is 0.330 e. The van der Waals surface area contributed by atoms with Gasteiger partial charge in [0.25, 0.3) is 5.91 Å². The predicted octanol–water partition coefficient (Wildman–Crippen LogP) is 0.0378. The molecule has 3 amide bonds. The zero-order chi connectivity index (χ0) is 18.0. The van der Waals surface area contributed by atoms with E-state index in [4.69, 9.17) is 9.15 Å². The third kappa shape index (κ3) is 3.48. The molecule has 3 heterocycles. The van der Waals surface area contributed by atoms with Gasteiger partial charge in [-0.1, -0.05) is 0 Å². The Balaban J connectivity index is 1.45. The van der Waals surface area contributed by atoms with Crippen LogP contribution in [0.3, 0.4) is 0 Å². The van der Waals surface area contributed by atoms with Gasteiger partial charge in [0.15, 0.2) is 12.4 Å². The molecule has 2 saturated heterocycles. The summed E-state index contributed by atoms with van der Waals surface area (Å²) in [5.41, 5.74) is 4.25. The van der Waals surface area contributed by atoms with Crippen molar-refractivity contribution in [2.24, 2.45) is 0 Å². The molecule has 10 heteroatoms. The van der Waals surface area contributed by atoms with Gasteiger partial charge in [0.05, 0.1) is 11.1 Å². The summed E-state index contributed by atoms with van der Waals surface area (Å²) in [5, 5.41) is 0. The van der Waals surface area contributed by atoms with Crippen molar-refractivity contribution in [2.45, 2.75) is 30.7 Å². The molecule has 0 aliphatic carbocycles. The molecule has 2 atom stereocenters. The fourth-order valence-corrected chi connectivity index (χ4v) is 4.28. The van der Waals surface area contributed by atoms with Gasteiger partial charge in [-0.25, -0.2) is 4.79 Å². The summed E-state index contributed by atoms with van der Waals surface area (Å²) in [4.78, 5) is 48.6. The maximum Gasteiger partial charge on any atom is 0.330 e. The number of rotatable bonds is 4. The number of nitrogens with zero attached hydrogens (tertiary/aromatic N) is 1. The second kappa shape index (κ2) is 6.79. The van der Waals surface area contributed by atoms with E-state index in [1.807, 2.05) is 6.92 Å². The topological polar surface area (TPSA) is 118 Å². The first kappa shape index (κ1) is 17.3. The van der Waals surface area contributed by atoms with Crippen LogP contribution in [0.1, 0.15) is 30.3 Å². The summed E-state index contributed by atoms with van der Waals surface area (Å²) in [5.74, 6) is -1.56. The van der Waals surface area contributed by atoms with Crippen LogP contribution in [0, 0.1) is 0 Å². The second-order valence-corrected chi connectivity index (χ2v) is 7.35. The van der Waals surface area contributed by atoms with Crippen molar-refractivity contribution in [3.63, 3.8) is 0 Å². The van der Waals surface area contributed by atoms with Crippen LogP contribution in [-0.4, -0.2) is 51.9 Å². The minimum atomic E-state index is -0.700. The summed E-state index contributed by atoms with van der Waals surface area (Å²) in [6.07, 6.45) is 2.43. The molecule has 3 rings (SSSR count). The van der Waals surface area contributed by atoms with E-state index >= 15 is 0 Å². The lowest BCUT2D eigenvalue weighted by Gasteiger charge is -2.29. The number of esters is 1. The molecule has 25 heavy (non-hydrogen) atoms. The van der Waals surface area contributed by atoms with Gasteiger partial charge in [-0.15, -0.1) is 11.8 Å². The summed E-state index contributed by atoms with van der Waals surface area (Å²) >= 11 is 1.54. The summed E-state index contributed by atoms with van der Waals surface area (Å²) in [6.45, 7) is 1.36. The Labute approximate surface area is 147 Å². The van der Waals surface area contributed by atoms with Gasteiger partial charge in [0.2, 0.25) is 5.91 Å². The number of carbonyl (C=O) groups is 4. The zero-order valence-electron chi connectivity index (χ0n) is 13.4. The number of furan rings is 1. The van der Waals surface area contributed by atoms with E-state index < -0.39 is 30.4 Å². The average molecular weight is 367 g/mol. The number of amides is 3. The third-order valence-corrected chi connectivity index (χ3v) is 5.63. The van der Waals surface area contributed by atoms with E-state index in [0.717, 1.165) is 0 Å². The molecule has 0 aromatic carbocycles. The Hall–Kier alpha value is -2.49. The van der Waals surface area contributed by atoms with E-state index in [-0.39, 0.29) is 16.5 Å². The Bertz CT molecular complexity index is 706. The molecule has 0 bridgehead atoms. The molecular weight excluding hydrogens is 350 g/mol. The van der Waals surface area contributed by atoms with Crippen LogP contribution in [0.5, 0.6) is 0 Å². The molecule has 2 fully saturated rings. The fraction of sp³-hybridized carbons (Fsp3) is 0.467. The quantitative estimate of drug-likeness (QED) is 0.570. The molecule has 1 aromatic rings. The molecule has 2 aliphatic heterocycles. The third-order valence-electron chi connectivity index (χ3n) is 4.12. The molecular formula is C15H17N3O6S. The van der Waals surface area contributed by atoms with Gasteiger partial charge in [0.1, 0.15) is 6.04 Å². The number of hydrogen-bond donors (Lipinski definition) is 2. The van der Waals surface area contributed by atoms with E-state index in [0.29, 0.717) is 18.6 Å². The minimum Gasteiger partial charge on any atom is -0.459 e. The van der Waals surface area contributed by atoms with Gasteiger partial charge in [0, 0.05) is 12.2 Å². The van der Waals surface area contributed by atoms with Gasteiger partial charge in [-0.05, 0) is 25.5 Å². The monoisotopic (exact) mass is 367 g/mol. The van der Waals surface area contributed by atoms with Crippen molar-refractivity contribution < 1.29 is 28.3 Å². The molecule has 0 spiro atoms. The van der Waals surface area contributed by atoms with Crippen LogP contribution in [0.25, 0.3) is 0 Å². The normalized spacial score (nSPS) is 24.8. The van der Waals surface area contributed by atoms with Crippen molar-refractivity contribution in [1.29, 1.82) is 0 Å². The van der Waals surface area contributed by atoms with Crippen molar-refractivity contribution in [3.8, 4) is 0 Å². The van der Waals surface area contributed by atoms with E-state index in [1.165, 1.54) is 30.2 Å². The van der Waals surface area contributed by atoms with Crippen molar-refractivity contribution in [1.82, 2.24) is 15.8 Å². The highest BCUT2D eigenvalue weighted by Gasteiger charge is 2.53. The minimum absolute atomic E-state index is 0.0344. The van der Waals surface area contributed by atoms with E-state index in [9.17, 15) is 19.2 Å². The van der Waals surface area contributed by atoms with Crippen molar-refractivity contribution in [2.75, 3.05) is 12.4 Å². The predicted molar refractivity (Wildman–Crippen MR) is 86.0 cm³/mol. The fourth-order valence-electron chi connectivity index (χ4n) is 2.86. The Morgan fingerprint density at radius 3 is 2.96 bits per heavy atom. The molecule has 0 radical (unpaired) electrons. The molecule has 2 aliphatic rings. The highest BCUT2D eigenvalue weighted by Crippen LogP contribution is 2.47. The van der Waals surface area contributed by atoms with Crippen LogP contribution >= 0.6 is 11.8 Å². The van der Waals surface area contributed by atoms with Crippen LogP contribution in [0.15, 0.2) is 22.8 Å². The maximum absolute atomic E-state index is 12.2. The molecule has 134 valence electrons. The number of hydrazine groups is 1. The number of ether oxygens (including phenoxy) is 1. The first-order valence-corrected chi connectivity index (χ1v) is 8.65. The molecule has 2 N–H and O–H groups in total. The standard InChI is InChI=1S/C15H17N3O6S/c1-15-5-4-12(20)18(15)9(8-25-15)14(22)24-7-11(19)16-17-13(21)10-3-2-6-23-10/h2-3,6,9H,4-5,7-8H2,1H3,(H,16,19)(H,17,21)/t9-,15+/m1/s1. The van der Waals surface area contributed by atoms with Crippen LogP contribution in [0.2, 0.25) is 0 Å². The number of carbonyl (C=O) groups excluding carboxylic acids is 4. The number of nitrogens with one attached hydrogen (secondary N) is 2. The largest absolute Gasteiger partial charge is 0.459 e. The van der Waals surface area contributed by atoms with Crippen molar-refractivity contribution >= 4 is 35.5 Å². The van der Waals surface area contributed by atoms with Crippen molar-refractivity contribution in [3.05, 3.63) is 24.2 Å². The summed E-state index contributed by atoms with van der Waals surface area (Å²) < 4.78 is 9.84. The van der Waals surface area contributed by atoms with E-state index in [2.05, 4.69) is 10.9 Å². The first-order chi connectivity index (χ1) is 11.9. The number of hydrogen-bond acceptors (Lipinski definition) is 7. The van der Waals surface area contributed by atoms with Crippen LogP contribution < -0.4 is 10.9 Å². The summed E-state index contributed by atoms with van der Waals surface area (Å²) in [7, 11) is 0. The second-order valence-electron chi connectivity index (χ2n) is 5.85. The SMILES string of the molecule is C[C@]12CCC(=O)N1[C@@H](C(=O)OCC(=O)NNC(=O)c1ccco1)CS2. The average Bonchev–Trinajstić information content (AvgIpc) is 3.29. The molecule has 9 nitrogen and oxygen atoms in total. The van der Waals surface area contributed by atoms with Gasteiger partial charge < -0.3 is 14.1 Å². The highest BCUT2D eigenvalue weighted by atomic mass is 32.2. The Morgan fingerprint density at radius 2 is 2.24 bits per heavy atom. The van der Waals surface area contributed by atoms with Gasteiger partial charge in [-0.3, -0.25) is 25.2 Å². The van der Waals surface area contributed by atoms with Crippen LogP contribution in [-0.2, 0) is 19.1 Å². The molecule has 0 saturated carbocycles. The molecule has 1 aromatic heterocycles. The summed E-state index contributed by atoms with van der Waals surface area (Å²) in [6, 6.07) is 2.28. The van der Waals surface area contributed by atoms with E-state index in [1.54, 1.807) is 4.90 Å². The highest BCUT2D eigenvalue weighted by molar-refractivity contribution is 8.01. The Morgan fingerprint density at radius 1 is 1.44 bits per heavy atom. The number of fused-ring (bicyclic) bond motifs is 1. The first-order valence-electron chi connectivity index (χ1n) is 7.66. The maximum atomic E-state index is 12.2. The Kier molecular flexibility index (Phi) is 4.71. The van der Waals surface area contributed by atoms with Gasteiger partial charge in [-0.2, -0.15) is 0 Å². The van der Waals surface area contributed by atoms with Gasteiger partial charge >= 0.3 is 11.9 Å². The lowest BCUT2D eigenvalue weighted by atomic mass is 10.2. The molecule has 0 unspecified atom stereocenters. The lowest BCUT2D eigenvalue weighted by molar-refractivity contribution is -0.156.